The van der Waals surface area contributed by atoms with Gasteiger partial charge in [-0.15, -0.1) is 0 Å². The predicted molar refractivity (Wildman–Crippen MR) is 55.7 cm³/mol. The fourth-order valence-electron chi connectivity index (χ4n) is 1.72. The average molecular weight is 206 g/mol. The van der Waals surface area contributed by atoms with Crippen molar-refractivity contribution in [2.24, 2.45) is 0 Å². The molecule has 0 aromatic heterocycles. The molecule has 1 fully saturated rings. The van der Waals surface area contributed by atoms with Gasteiger partial charge in [0.05, 0.1) is 6.61 Å². The Morgan fingerprint density at radius 3 is 2.60 bits per heavy atom. The highest BCUT2D eigenvalue weighted by Crippen LogP contribution is 2.26. The first kappa shape index (κ1) is 10.3. The van der Waals surface area contributed by atoms with Gasteiger partial charge in [0.25, 0.3) is 0 Å². The van der Waals surface area contributed by atoms with Crippen LogP contribution in [0.25, 0.3) is 0 Å². The zero-order valence-corrected chi connectivity index (χ0v) is 8.90. The summed E-state index contributed by atoms with van der Waals surface area (Å²) >= 11 is 0. The summed E-state index contributed by atoms with van der Waals surface area (Å²) in [5.41, 5.74) is -0.168. The van der Waals surface area contributed by atoms with Crippen LogP contribution < -0.4 is 0 Å². The van der Waals surface area contributed by atoms with Crippen LogP contribution in [-0.4, -0.2) is 24.3 Å². The smallest absolute Gasteiger partial charge is 0.196 e. The second-order valence-electron chi connectivity index (χ2n) is 3.92. The molecule has 0 amide bonds. The van der Waals surface area contributed by atoms with Crippen molar-refractivity contribution in [1.29, 1.82) is 0 Å². The Hall–Kier alpha value is -1.19. The maximum atomic E-state index is 12.1. The molecule has 0 radical (unpaired) electrons. The maximum Gasteiger partial charge on any atom is 0.196 e. The lowest BCUT2D eigenvalue weighted by Gasteiger charge is -2.19. The number of carbonyl (C=O) groups is 1. The molecule has 0 spiro atoms. The summed E-state index contributed by atoms with van der Waals surface area (Å²) in [5, 5.41) is 0. The topological polar surface area (TPSA) is 35.5 Å². The summed E-state index contributed by atoms with van der Waals surface area (Å²) in [6.45, 7) is 3.89. The molecule has 2 unspecified atom stereocenters. The van der Waals surface area contributed by atoms with Crippen LogP contribution in [0.1, 0.15) is 24.2 Å². The van der Waals surface area contributed by atoms with E-state index in [9.17, 15) is 4.79 Å². The van der Waals surface area contributed by atoms with Crippen LogP contribution in [-0.2, 0) is 9.47 Å². The monoisotopic (exact) mass is 206 g/mol. The first-order valence-corrected chi connectivity index (χ1v) is 5.01. The van der Waals surface area contributed by atoms with Gasteiger partial charge in [-0.3, -0.25) is 4.79 Å². The van der Waals surface area contributed by atoms with E-state index in [1.807, 2.05) is 18.2 Å². The van der Waals surface area contributed by atoms with Crippen LogP contribution >= 0.6 is 0 Å². The molecule has 1 aromatic carbocycles. The minimum atomic E-state index is -0.833. The van der Waals surface area contributed by atoms with Crippen LogP contribution in [0.4, 0.5) is 0 Å². The molecule has 1 heterocycles. The molecule has 80 valence electrons. The highest BCUT2D eigenvalue weighted by atomic mass is 16.7. The fourth-order valence-corrected chi connectivity index (χ4v) is 1.72. The number of hydrogen-bond acceptors (Lipinski definition) is 3. The Morgan fingerprint density at radius 2 is 2.07 bits per heavy atom. The third kappa shape index (κ3) is 1.94. The zero-order valence-electron chi connectivity index (χ0n) is 8.90. The van der Waals surface area contributed by atoms with Gasteiger partial charge in [0, 0.05) is 5.56 Å². The Balaban J connectivity index is 2.22. The van der Waals surface area contributed by atoms with Crippen LogP contribution in [0.3, 0.4) is 0 Å². The molecule has 0 N–H and O–H groups in total. The molecule has 1 aromatic rings. The fraction of sp³-hybridized carbons (Fsp3) is 0.417. The third-order valence-corrected chi connectivity index (χ3v) is 2.54. The predicted octanol–water partition coefficient (Wildman–Crippen LogP) is 2.02. The lowest BCUT2D eigenvalue weighted by Crippen LogP contribution is -2.38. The molecular formula is C12H14O3. The summed E-state index contributed by atoms with van der Waals surface area (Å²) in [5.74, 6) is -0.0209. The molecule has 1 saturated heterocycles. The van der Waals surface area contributed by atoms with Crippen molar-refractivity contribution in [3.05, 3.63) is 35.9 Å². The normalized spacial score (nSPS) is 30.4. The van der Waals surface area contributed by atoms with E-state index >= 15 is 0 Å². The molecule has 0 saturated carbocycles. The van der Waals surface area contributed by atoms with E-state index in [1.54, 1.807) is 26.0 Å². The van der Waals surface area contributed by atoms with E-state index in [0.29, 0.717) is 12.2 Å². The molecule has 3 heteroatoms. The molecular weight excluding hydrogens is 192 g/mol. The summed E-state index contributed by atoms with van der Waals surface area (Å²) < 4.78 is 10.8. The van der Waals surface area contributed by atoms with Gasteiger partial charge >= 0.3 is 0 Å². The Labute approximate surface area is 89.0 Å². The lowest BCUT2D eigenvalue weighted by molar-refractivity contribution is -0.0600. The second kappa shape index (κ2) is 3.76. The average Bonchev–Trinajstić information content (AvgIpc) is 2.60. The van der Waals surface area contributed by atoms with E-state index in [0.717, 1.165) is 0 Å². The van der Waals surface area contributed by atoms with Crippen molar-refractivity contribution in [1.82, 2.24) is 0 Å². The Kier molecular flexibility index (Phi) is 2.59. The van der Waals surface area contributed by atoms with Crippen LogP contribution in [0.2, 0.25) is 0 Å². The molecule has 3 nitrogen and oxygen atoms in total. The minimum absolute atomic E-state index is 0.0209. The van der Waals surface area contributed by atoms with Gasteiger partial charge in [-0.2, -0.15) is 0 Å². The summed E-state index contributed by atoms with van der Waals surface area (Å²) in [7, 11) is 0. The molecule has 1 aliphatic heterocycles. The van der Waals surface area contributed by atoms with E-state index in [-0.39, 0.29) is 12.1 Å². The van der Waals surface area contributed by atoms with Crippen LogP contribution in [0.5, 0.6) is 0 Å². The highest BCUT2D eigenvalue weighted by molar-refractivity contribution is 6.02. The quantitative estimate of drug-likeness (QED) is 0.694. The van der Waals surface area contributed by atoms with Crippen molar-refractivity contribution in [2.75, 3.05) is 6.61 Å². The van der Waals surface area contributed by atoms with Gasteiger partial charge in [0.2, 0.25) is 0 Å². The highest BCUT2D eigenvalue weighted by Gasteiger charge is 2.42. The maximum absolute atomic E-state index is 12.1. The summed E-state index contributed by atoms with van der Waals surface area (Å²) in [4.78, 5) is 12.1. The Bertz CT molecular complexity index is 360. The first-order chi connectivity index (χ1) is 7.12. The number of ether oxygens (including phenoxy) is 2. The number of benzene rings is 1. The van der Waals surface area contributed by atoms with Crippen molar-refractivity contribution in [3.8, 4) is 0 Å². The zero-order chi connectivity index (χ0) is 10.9. The van der Waals surface area contributed by atoms with Gasteiger partial charge in [0.15, 0.2) is 17.7 Å². The molecule has 15 heavy (non-hydrogen) atoms. The molecule has 0 bridgehead atoms. The standard InChI is InChI=1S/C12H14O3/c1-9-14-8-12(2,15-9)11(13)10-6-4-3-5-7-10/h3-7,9H,8H2,1-2H3. The molecule has 0 aliphatic carbocycles. The molecule has 2 atom stereocenters. The number of Topliss-reactive ketones (excluding diaryl/α,β-unsaturated/α-hetero) is 1. The number of carbonyl (C=O) groups excluding carboxylic acids is 1. The number of rotatable bonds is 2. The summed E-state index contributed by atoms with van der Waals surface area (Å²) in [6, 6.07) is 9.15. The first-order valence-electron chi connectivity index (χ1n) is 5.01. The third-order valence-electron chi connectivity index (χ3n) is 2.54. The van der Waals surface area contributed by atoms with Crippen LogP contribution in [0.15, 0.2) is 30.3 Å². The van der Waals surface area contributed by atoms with E-state index < -0.39 is 5.60 Å². The molecule has 2 rings (SSSR count). The van der Waals surface area contributed by atoms with Crippen molar-refractivity contribution in [3.63, 3.8) is 0 Å². The van der Waals surface area contributed by atoms with Gasteiger partial charge in [0.1, 0.15) is 0 Å². The second-order valence-corrected chi connectivity index (χ2v) is 3.92. The lowest BCUT2D eigenvalue weighted by atomic mass is 9.96. The van der Waals surface area contributed by atoms with Crippen LogP contribution in [0, 0.1) is 0 Å². The van der Waals surface area contributed by atoms with Gasteiger partial charge in [-0.05, 0) is 13.8 Å². The Morgan fingerprint density at radius 1 is 1.40 bits per heavy atom. The van der Waals surface area contributed by atoms with Gasteiger partial charge in [-0.1, -0.05) is 30.3 Å². The summed E-state index contributed by atoms with van der Waals surface area (Å²) in [6.07, 6.45) is -0.303. The number of hydrogen-bond donors (Lipinski definition) is 0. The SMILES string of the molecule is CC1OCC(C)(C(=O)c2ccccc2)O1. The van der Waals surface area contributed by atoms with Gasteiger partial charge in [-0.25, -0.2) is 0 Å². The van der Waals surface area contributed by atoms with E-state index in [2.05, 4.69) is 0 Å². The van der Waals surface area contributed by atoms with Crippen molar-refractivity contribution in [2.45, 2.75) is 25.7 Å². The van der Waals surface area contributed by atoms with Crippen molar-refractivity contribution >= 4 is 5.78 Å². The number of ketones is 1. The van der Waals surface area contributed by atoms with Gasteiger partial charge < -0.3 is 9.47 Å². The minimum Gasteiger partial charge on any atom is -0.349 e. The van der Waals surface area contributed by atoms with Crippen molar-refractivity contribution < 1.29 is 14.3 Å². The van der Waals surface area contributed by atoms with E-state index in [4.69, 9.17) is 9.47 Å². The van der Waals surface area contributed by atoms with E-state index in [1.165, 1.54) is 0 Å². The largest absolute Gasteiger partial charge is 0.349 e. The molecule has 1 aliphatic rings.